The first kappa shape index (κ1) is 22.1. The smallest absolute Gasteiger partial charge is 0.347 e. The Labute approximate surface area is 188 Å². The summed E-state index contributed by atoms with van der Waals surface area (Å²) >= 11 is 2.18. The van der Waals surface area contributed by atoms with Crippen molar-refractivity contribution in [2.45, 2.75) is 39.8 Å². The van der Waals surface area contributed by atoms with Crippen LogP contribution in [0, 0.1) is 17.4 Å². The maximum Gasteiger partial charge on any atom is 0.347 e. The third-order valence-corrected chi connectivity index (χ3v) is 5.65. The molecule has 0 bridgehead atoms. The Kier molecular flexibility index (Phi) is 6.07. The molecule has 0 spiro atoms. The topological polar surface area (TPSA) is 87.2 Å². The SMILES string of the molecule is Cc1cc(CN2C(=O)CN(c3ccc(I)cc3)C2=O)cc(C)c1OC(C)(C)C(=O)O. The van der Waals surface area contributed by atoms with Crippen LogP contribution in [0.1, 0.15) is 30.5 Å². The number of nitrogens with zero attached hydrogens (tertiary/aromatic N) is 2. The van der Waals surface area contributed by atoms with Gasteiger partial charge in [-0.3, -0.25) is 14.6 Å². The van der Waals surface area contributed by atoms with Crippen molar-refractivity contribution < 1.29 is 24.2 Å². The summed E-state index contributed by atoms with van der Waals surface area (Å²) in [5, 5.41) is 9.31. The summed E-state index contributed by atoms with van der Waals surface area (Å²) in [6.07, 6.45) is 0. The number of aliphatic carboxylic acids is 1. The van der Waals surface area contributed by atoms with Crippen molar-refractivity contribution in [2.75, 3.05) is 11.4 Å². The molecule has 0 saturated carbocycles. The second kappa shape index (κ2) is 8.25. The van der Waals surface area contributed by atoms with Gasteiger partial charge in [-0.2, -0.15) is 0 Å². The summed E-state index contributed by atoms with van der Waals surface area (Å²) in [7, 11) is 0. The van der Waals surface area contributed by atoms with Gasteiger partial charge in [0.25, 0.3) is 5.91 Å². The molecule has 158 valence electrons. The Bertz CT molecular complexity index is 994. The Morgan fingerprint density at radius 3 is 2.23 bits per heavy atom. The highest BCUT2D eigenvalue weighted by atomic mass is 127. The summed E-state index contributed by atoms with van der Waals surface area (Å²) in [6, 6.07) is 10.7. The highest BCUT2D eigenvalue weighted by Crippen LogP contribution is 2.30. The lowest BCUT2D eigenvalue weighted by Gasteiger charge is -2.25. The first-order valence-electron chi connectivity index (χ1n) is 9.39. The van der Waals surface area contributed by atoms with Crippen molar-refractivity contribution in [2.24, 2.45) is 0 Å². The number of carboxylic acids is 1. The molecule has 1 fully saturated rings. The predicted molar refractivity (Wildman–Crippen MR) is 121 cm³/mol. The zero-order chi connectivity index (χ0) is 22.2. The van der Waals surface area contributed by atoms with Gasteiger partial charge < -0.3 is 9.84 Å². The molecule has 0 unspecified atom stereocenters. The number of benzene rings is 2. The van der Waals surface area contributed by atoms with Crippen LogP contribution < -0.4 is 9.64 Å². The van der Waals surface area contributed by atoms with Gasteiger partial charge in [0.1, 0.15) is 12.3 Å². The van der Waals surface area contributed by atoms with Crippen LogP contribution in [-0.4, -0.2) is 40.1 Å². The fourth-order valence-electron chi connectivity index (χ4n) is 3.29. The number of halogens is 1. The number of carboxylic acid groups (broad SMARTS) is 1. The number of amides is 3. The third kappa shape index (κ3) is 4.43. The molecular formula is C22H23IN2O5. The lowest BCUT2D eigenvalue weighted by Crippen LogP contribution is -2.38. The second-order valence-corrected chi connectivity index (χ2v) is 9.05. The van der Waals surface area contributed by atoms with Crippen molar-refractivity contribution in [1.29, 1.82) is 0 Å². The maximum absolute atomic E-state index is 12.8. The summed E-state index contributed by atoms with van der Waals surface area (Å²) in [5.41, 5.74) is 1.58. The first-order valence-corrected chi connectivity index (χ1v) is 10.5. The second-order valence-electron chi connectivity index (χ2n) is 7.80. The highest BCUT2D eigenvalue weighted by molar-refractivity contribution is 14.1. The molecule has 7 nitrogen and oxygen atoms in total. The summed E-state index contributed by atoms with van der Waals surface area (Å²) < 4.78 is 6.77. The number of imide groups is 1. The number of aryl methyl sites for hydroxylation is 2. The molecular weight excluding hydrogens is 499 g/mol. The van der Waals surface area contributed by atoms with Gasteiger partial charge in [-0.25, -0.2) is 9.59 Å². The average molecular weight is 522 g/mol. The molecule has 1 aliphatic heterocycles. The zero-order valence-corrected chi connectivity index (χ0v) is 19.4. The third-order valence-electron chi connectivity index (χ3n) is 4.93. The Balaban J connectivity index is 1.81. The van der Waals surface area contributed by atoms with Crippen molar-refractivity contribution in [3.8, 4) is 5.75 Å². The van der Waals surface area contributed by atoms with Crippen molar-refractivity contribution in [3.05, 3.63) is 56.7 Å². The highest BCUT2D eigenvalue weighted by Gasteiger charge is 2.37. The van der Waals surface area contributed by atoms with Crippen LogP contribution in [0.15, 0.2) is 36.4 Å². The molecule has 3 amide bonds. The van der Waals surface area contributed by atoms with Gasteiger partial charge in [-0.1, -0.05) is 12.1 Å². The van der Waals surface area contributed by atoms with E-state index in [1.165, 1.54) is 23.6 Å². The fraction of sp³-hybridized carbons (Fsp3) is 0.318. The molecule has 0 radical (unpaired) electrons. The minimum absolute atomic E-state index is 0.00534. The van der Waals surface area contributed by atoms with Crippen molar-refractivity contribution in [1.82, 2.24) is 4.90 Å². The summed E-state index contributed by atoms with van der Waals surface area (Å²) in [5.74, 6) is -0.832. The van der Waals surface area contributed by atoms with E-state index in [9.17, 15) is 19.5 Å². The Hall–Kier alpha value is -2.62. The number of hydrogen-bond acceptors (Lipinski definition) is 4. The molecule has 0 aliphatic carbocycles. The van der Waals surface area contributed by atoms with E-state index >= 15 is 0 Å². The van der Waals surface area contributed by atoms with E-state index in [4.69, 9.17) is 4.74 Å². The molecule has 30 heavy (non-hydrogen) atoms. The number of carbonyl (C=O) groups excluding carboxylic acids is 2. The molecule has 0 atom stereocenters. The maximum atomic E-state index is 12.8. The molecule has 1 N–H and O–H groups in total. The van der Waals surface area contributed by atoms with E-state index in [2.05, 4.69) is 22.6 Å². The van der Waals surface area contributed by atoms with E-state index < -0.39 is 11.6 Å². The number of ether oxygens (including phenoxy) is 1. The van der Waals surface area contributed by atoms with Crippen LogP contribution in [0.2, 0.25) is 0 Å². The van der Waals surface area contributed by atoms with Crippen LogP contribution in [0.5, 0.6) is 5.75 Å². The van der Waals surface area contributed by atoms with Crippen molar-refractivity contribution >= 4 is 46.2 Å². The normalized spacial score (nSPS) is 14.4. The molecule has 2 aromatic carbocycles. The molecule has 8 heteroatoms. The van der Waals surface area contributed by atoms with Crippen LogP contribution >= 0.6 is 22.6 Å². The van der Waals surface area contributed by atoms with Crippen LogP contribution in [0.25, 0.3) is 0 Å². The van der Waals surface area contributed by atoms with Crippen LogP contribution in [0.3, 0.4) is 0 Å². The lowest BCUT2D eigenvalue weighted by atomic mass is 10.0. The summed E-state index contributed by atoms with van der Waals surface area (Å²) in [6.45, 7) is 6.75. The molecule has 1 heterocycles. The largest absolute Gasteiger partial charge is 0.478 e. The molecule has 0 aromatic heterocycles. The molecule has 3 rings (SSSR count). The Morgan fingerprint density at radius 2 is 1.70 bits per heavy atom. The van der Waals surface area contributed by atoms with Gasteiger partial charge in [-0.05, 0) is 91.2 Å². The molecule has 2 aromatic rings. The quantitative estimate of drug-likeness (QED) is 0.456. The molecule has 1 saturated heterocycles. The number of urea groups is 1. The minimum atomic E-state index is -1.37. The van der Waals surface area contributed by atoms with Gasteiger partial charge in [0.15, 0.2) is 5.60 Å². The van der Waals surface area contributed by atoms with Gasteiger partial charge in [0.05, 0.1) is 6.54 Å². The van der Waals surface area contributed by atoms with Gasteiger partial charge in [0, 0.05) is 9.26 Å². The van der Waals surface area contributed by atoms with Crippen LogP contribution in [-0.2, 0) is 16.1 Å². The Morgan fingerprint density at radius 1 is 1.13 bits per heavy atom. The van der Waals surface area contributed by atoms with Gasteiger partial charge >= 0.3 is 12.0 Å². The number of rotatable bonds is 6. The number of hydrogen-bond donors (Lipinski definition) is 1. The number of carbonyl (C=O) groups is 3. The van der Waals surface area contributed by atoms with Crippen molar-refractivity contribution in [3.63, 3.8) is 0 Å². The van der Waals surface area contributed by atoms with Gasteiger partial charge in [-0.15, -0.1) is 0 Å². The van der Waals surface area contributed by atoms with E-state index in [1.54, 1.807) is 0 Å². The number of anilines is 1. The van der Waals surface area contributed by atoms with E-state index in [1.807, 2.05) is 50.2 Å². The first-order chi connectivity index (χ1) is 14.0. The lowest BCUT2D eigenvalue weighted by molar-refractivity contribution is -0.152. The van der Waals surface area contributed by atoms with Gasteiger partial charge in [0.2, 0.25) is 0 Å². The van der Waals surface area contributed by atoms with E-state index in [0.29, 0.717) is 11.4 Å². The monoisotopic (exact) mass is 522 g/mol. The summed E-state index contributed by atoms with van der Waals surface area (Å²) in [4.78, 5) is 39.4. The standard InChI is InChI=1S/C22H23IN2O5/c1-13-9-15(10-14(2)19(13)30-22(3,4)20(27)28)11-25-18(26)12-24(21(25)29)17-7-5-16(23)6-8-17/h5-10H,11-12H2,1-4H3,(H,27,28). The predicted octanol–water partition coefficient (Wildman–Crippen LogP) is 4.12. The van der Waals surface area contributed by atoms with Crippen LogP contribution in [0.4, 0.5) is 10.5 Å². The minimum Gasteiger partial charge on any atom is -0.478 e. The van der Waals surface area contributed by atoms with E-state index in [0.717, 1.165) is 20.3 Å². The fourth-order valence-corrected chi connectivity index (χ4v) is 3.65. The van der Waals surface area contributed by atoms with E-state index in [-0.39, 0.29) is 25.0 Å². The molecule has 1 aliphatic rings. The zero-order valence-electron chi connectivity index (χ0n) is 17.2. The average Bonchev–Trinajstić information content (AvgIpc) is 2.93.